The molecule has 0 aliphatic heterocycles. The largest absolute Gasteiger partial charge is 0.467 e. The Morgan fingerprint density at radius 2 is 2.25 bits per heavy atom. The summed E-state index contributed by atoms with van der Waals surface area (Å²) in [7, 11) is 0. The molecule has 2 aromatic heterocycles. The van der Waals surface area contributed by atoms with E-state index in [1.807, 2.05) is 31.2 Å². The van der Waals surface area contributed by atoms with Crippen LogP contribution in [0.4, 0.5) is 0 Å². The zero-order valence-electron chi connectivity index (χ0n) is 11.5. The van der Waals surface area contributed by atoms with E-state index in [-0.39, 0.29) is 11.9 Å². The maximum absolute atomic E-state index is 11.8. The Morgan fingerprint density at radius 1 is 1.35 bits per heavy atom. The molecule has 2 N–H and O–H groups in total. The summed E-state index contributed by atoms with van der Waals surface area (Å²) < 4.78 is 5.16. The second-order valence-corrected chi connectivity index (χ2v) is 4.54. The standard InChI is InChI=1S/C15H19N3O2/c1-12(15(19)18-11-14-6-4-10-20-14)16-9-7-13-5-2-3-8-17-13/h2-6,8,10,12,16H,7,9,11H2,1H3,(H,18,19). The maximum atomic E-state index is 11.8. The highest BCUT2D eigenvalue weighted by Crippen LogP contribution is 1.99. The van der Waals surface area contributed by atoms with Crippen LogP contribution in [0.2, 0.25) is 0 Å². The Morgan fingerprint density at radius 3 is 2.95 bits per heavy atom. The molecule has 106 valence electrons. The molecule has 0 aromatic carbocycles. The summed E-state index contributed by atoms with van der Waals surface area (Å²) in [6, 6.07) is 9.22. The van der Waals surface area contributed by atoms with Gasteiger partial charge in [-0.05, 0) is 31.2 Å². The molecule has 0 spiro atoms. The second-order valence-electron chi connectivity index (χ2n) is 4.54. The highest BCUT2D eigenvalue weighted by atomic mass is 16.3. The number of nitrogens with zero attached hydrogens (tertiary/aromatic N) is 1. The summed E-state index contributed by atoms with van der Waals surface area (Å²) in [5.41, 5.74) is 1.02. The summed E-state index contributed by atoms with van der Waals surface area (Å²) >= 11 is 0. The van der Waals surface area contributed by atoms with Crippen molar-refractivity contribution in [3.63, 3.8) is 0 Å². The average Bonchev–Trinajstić information content (AvgIpc) is 2.99. The molecular weight excluding hydrogens is 254 g/mol. The van der Waals surface area contributed by atoms with Crippen molar-refractivity contribution in [2.24, 2.45) is 0 Å². The lowest BCUT2D eigenvalue weighted by molar-refractivity contribution is -0.123. The number of furan rings is 1. The first-order valence-electron chi connectivity index (χ1n) is 6.69. The minimum atomic E-state index is -0.242. The van der Waals surface area contributed by atoms with E-state index >= 15 is 0 Å². The Bertz CT molecular complexity index is 511. The van der Waals surface area contributed by atoms with E-state index in [2.05, 4.69) is 15.6 Å². The predicted octanol–water partition coefficient (Wildman–Crippen LogP) is 1.51. The highest BCUT2D eigenvalue weighted by Gasteiger charge is 2.11. The van der Waals surface area contributed by atoms with Gasteiger partial charge in [0.15, 0.2) is 0 Å². The van der Waals surface area contributed by atoms with E-state index in [9.17, 15) is 4.79 Å². The first-order chi connectivity index (χ1) is 9.75. The fraction of sp³-hybridized carbons (Fsp3) is 0.333. The average molecular weight is 273 g/mol. The van der Waals surface area contributed by atoms with Crippen molar-refractivity contribution in [2.45, 2.75) is 25.9 Å². The first-order valence-corrected chi connectivity index (χ1v) is 6.69. The summed E-state index contributed by atoms with van der Waals surface area (Å²) in [5, 5.41) is 6.00. The van der Waals surface area contributed by atoms with Crippen LogP contribution in [-0.2, 0) is 17.8 Å². The van der Waals surface area contributed by atoms with Crippen LogP contribution in [-0.4, -0.2) is 23.5 Å². The Hall–Kier alpha value is -2.14. The molecule has 0 aliphatic rings. The molecule has 5 heteroatoms. The number of rotatable bonds is 7. The van der Waals surface area contributed by atoms with Gasteiger partial charge in [0.2, 0.25) is 5.91 Å². The molecule has 0 aliphatic carbocycles. The fourth-order valence-electron chi connectivity index (χ4n) is 1.80. The maximum Gasteiger partial charge on any atom is 0.237 e. The van der Waals surface area contributed by atoms with Crippen LogP contribution in [0, 0.1) is 0 Å². The zero-order valence-corrected chi connectivity index (χ0v) is 11.5. The fourth-order valence-corrected chi connectivity index (χ4v) is 1.80. The van der Waals surface area contributed by atoms with E-state index in [4.69, 9.17) is 4.42 Å². The number of nitrogens with one attached hydrogen (secondary N) is 2. The number of carbonyl (C=O) groups excluding carboxylic acids is 1. The lowest BCUT2D eigenvalue weighted by Gasteiger charge is -2.13. The summed E-state index contributed by atoms with van der Waals surface area (Å²) in [4.78, 5) is 16.1. The van der Waals surface area contributed by atoms with Crippen molar-refractivity contribution in [1.82, 2.24) is 15.6 Å². The number of amides is 1. The zero-order chi connectivity index (χ0) is 14.2. The quantitative estimate of drug-likeness (QED) is 0.802. The van der Waals surface area contributed by atoms with E-state index in [1.165, 1.54) is 0 Å². The minimum absolute atomic E-state index is 0.0394. The molecule has 0 fully saturated rings. The lowest BCUT2D eigenvalue weighted by atomic mass is 10.2. The Labute approximate surface area is 118 Å². The predicted molar refractivity (Wildman–Crippen MR) is 76.0 cm³/mol. The highest BCUT2D eigenvalue weighted by molar-refractivity contribution is 5.81. The van der Waals surface area contributed by atoms with Gasteiger partial charge in [-0.15, -0.1) is 0 Å². The topological polar surface area (TPSA) is 67.2 Å². The number of pyridine rings is 1. The molecule has 2 rings (SSSR count). The molecule has 1 unspecified atom stereocenters. The molecular formula is C15H19N3O2. The van der Waals surface area contributed by atoms with Crippen LogP contribution >= 0.6 is 0 Å². The molecule has 0 saturated carbocycles. The molecule has 2 aromatic rings. The van der Waals surface area contributed by atoms with Crippen molar-refractivity contribution < 1.29 is 9.21 Å². The van der Waals surface area contributed by atoms with Crippen molar-refractivity contribution >= 4 is 5.91 Å². The van der Waals surface area contributed by atoms with Gasteiger partial charge in [-0.2, -0.15) is 0 Å². The van der Waals surface area contributed by atoms with Gasteiger partial charge in [-0.25, -0.2) is 0 Å². The second kappa shape index (κ2) is 7.45. The van der Waals surface area contributed by atoms with Crippen molar-refractivity contribution in [1.29, 1.82) is 0 Å². The molecule has 1 amide bonds. The molecule has 0 saturated heterocycles. The monoisotopic (exact) mass is 273 g/mol. The lowest BCUT2D eigenvalue weighted by Crippen LogP contribution is -2.42. The van der Waals surface area contributed by atoms with Gasteiger partial charge in [0.05, 0.1) is 18.8 Å². The number of carbonyl (C=O) groups is 1. The van der Waals surface area contributed by atoms with Gasteiger partial charge in [-0.1, -0.05) is 6.07 Å². The van der Waals surface area contributed by atoms with Crippen molar-refractivity contribution in [3.05, 3.63) is 54.2 Å². The smallest absolute Gasteiger partial charge is 0.237 e. The third-order valence-corrected chi connectivity index (χ3v) is 2.97. The van der Waals surface area contributed by atoms with Crippen LogP contribution in [0.3, 0.4) is 0 Å². The Balaban J connectivity index is 1.66. The molecule has 5 nitrogen and oxygen atoms in total. The summed E-state index contributed by atoms with van der Waals surface area (Å²) in [5.74, 6) is 0.710. The van der Waals surface area contributed by atoms with Crippen molar-refractivity contribution in [2.75, 3.05) is 6.54 Å². The normalized spacial score (nSPS) is 12.1. The number of hydrogen-bond donors (Lipinski definition) is 2. The number of aromatic nitrogens is 1. The molecule has 20 heavy (non-hydrogen) atoms. The van der Waals surface area contributed by atoms with Crippen LogP contribution in [0.25, 0.3) is 0 Å². The van der Waals surface area contributed by atoms with Gasteiger partial charge in [0.25, 0.3) is 0 Å². The van der Waals surface area contributed by atoms with Crippen LogP contribution in [0.1, 0.15) is 18.4 Å². The molecule has 2 heterocycles. The summed E-state index contributed by atoms with van der Waals surface area (Å²) in [6.07, 6.45) is 4.17. The van der Waals surface area contributed by atoms with Crippen LogP contribution < -0.4 is 10.6 Å². The molecule has 1 atom stereocenters. The van der Waals surface area contributed by atoms with Gasteiger partial charge in [0.1, 0.15) is 5.76 Å². The molecule has 0 radical (unpaired) electrons. The van der Waals surface area contributed by atoms with Crippen LogP contribution in [0.15, 0.2) is 47.2 Å². The first kappa shape index (κ1) is 14.3. The van der Waals surface area contributed by atoms with Gasteiger partial charge in [-0.3, -0.25) is 9.78 Å². The van der Waals surface area contributed by atoms with Gasteiger partial charge < -0.3 is 15.1 Å². The minimum Gasteiger partial charge on any atom is -0.467 e. The van der Waals surface area contributed by atoms with E-state index in [1.54, 1.807) is 18.5 Å². The van der Waals surface area contributed by atoms with E-state index in [0.717, 1.165) is 17.9 Å². The summed E-state index contributed by atoms with van der Waals surface area (Å²) in [6.45, 7) is 2.97. The third kappa shape index (κ3) is 4.51. The van der Waals surface area contributed by atoms with Crippen LogP contribution in [0.5, 0.6) is 0 Å². The SMILES string of the molecule is CC(NCCc1ccccn1)C(=O)NCc1ccco1. The molecule has 0 bridgehead atoms. The Kier molecular flexibility index (Phi) is 5.32. The third-order valence-electron chi connectivity index (χ3n) is 2.97. The van der Waals surface area contributed by atoms with Crippen molar-refractivity contribution in [3.8, 4) is 0 Å². The van der Waals surface area contributed by atoms with E-state index in [0.29, 0.717) is 13.1 Å². The van der Waals surface area contributed by atoms with E-state index < -0.39 is 0 Å². The number of hydrogen-bond acceptors (Lipinski definition) is 4. The van der Waals surface area contributed by atoms with Gasteiger partial charge >= 0.3 is 0 Å². The van der Waals surface area contributed by atoms with Gasteiger partial charge in [0, 0.05) is 24.9 Å².